The van der Waals surface area contributed by atoms with Crippen molar-refractivity contribution in [3.05, 3.63) is 58.4 Å². The first-order valence-corrected chi connectivity index (χ1v) is 8.52. The van der Waals surface area contributed by atoms with Gasteiger partial charge >= 0.3 is 0 Å². The minimum absolute atomic E-state index is 0.0995. The summed E-state index contributed by atoms with van der Waals surface area (Å²) in [7, 11) is 1.38. The summed E-state index contributed by atoms with van der Waals surface area (Å²) in [6, 6.07) is 8.91. The zero-order chi connectivity index (χ0) is 20.0. The highest BCUT2D eigenvalue weighted by atomic mass is 35.5. The second-order valence-electron chi connectivity index (χ2n) is 5.91. The number of primary amides is 1. The van der Waals surface area contributed by atoms with Crippen molar-refractivity contribution in [1.82, 2.24) is 5.32 Å². The molecule has 0 fully saturated rings. The van der Waals surface area contributed by atoms with E-state index >= 15 is 0 Å². The fourth-order valence-corrected chi connectivity index (χ4v) is 2.75. The zero-order valence-electron chi connectivity index (χ0n) is 14.9. The molecule has 2 amide bonds. The average molecular weight is 395 g/mol. The van der Waals surface area contributed by atoms with Crippen LogP contribution in [0.5, 0.6) is 11.5 Å². The van der Waals surface area contributed by atoms with Gasteiger partial charge < -0.3 is 20.5 Å². The zero-order valence-corrected chi connectivity index (χ0v) is 15.7. The Morgan fingerprint density at radius 2 is 2.00 bits per heavy atom. The van der Waals surface area contributed by atoms with Crippen molar-refractivity contribution in [3.63, 3.8) is 0 Å². The fourth-order valence-electron chi connectivity index (χ4n) is 2.49. The fraction of sp³-hybridized carbons (Fsp3) is 0.263. The summed E-state index contributed by atoms with van der Waals surface area (Å²) >= 11 is 6.14. The molecule has 6 nitrogen and oxygen atoms in total. The predicted molar refractivity (Wildman–Crippen MR) is 99.7 cm³/mol. The van der Waals surface area contributed by atoms with Gasteiger partial charge in [-0.3, -0.25) is 9.59 Å². The molecule has 0 spiro atoms. The van der Waals surface area contributed by atoms with Gasteiger partial charge in [-0.15, -0.1) is 0 Å². The van der Waals surface area contributed by atoms with Crippen LogP contribution in [0.1, 0.15) is 22.8 Å². The van der Waals surface area contributed by atoms with E-state index < -0.39 is 11.8 Å². The predicted octanol–water partition coefficient (Wildman–Crippen LogP) is 2.71. The Balaban J connectivity index is 2.12. The smallest absolute Gasteiger partial charge is 0.255 e. The molecular weight excluding hydrogens is 375 g/mol. The van der Waals surface area contributed by atoms with E-state index in [0.29, 0.717) is 12.0 Å². The average Bonchev–Trinajstić information content (AvgIpc) is 2.61. The summed E-state index contributed by atoms with van der Waals surface area (Å²) < 4.78 is 24.1. The van der Waals surface area contributed by atoms with Crippen LogP contribution < -0.4 is 20.5 Å². The molecule has 144 valence electrons. The van der Waals surface area contributed by atoms with Crippen LogP contribution in [0.15, 0.2) is 36.4 Å². The molecule has 0 aromatic heterocycles. The second-order valence-corrected chi connectivity index (χ2v) is 6.32. The number of hydrogen-bond donors (Lipinski definition) is 2. The molecule has 2 aromatic carbocycles. The van der Waals surface area contributed by atoms with Crippen LogP contribution in [0, 0.1) is 5.82 Å². The Morgan fingerprint density at radius 1 is 1.30 bits per heavy atom. The SMILES string of the molecule is COc1cc(C(=O)NC(C)Cc2ccccc2F)cc(Cl)c1OCC(N)=O. The number of benzene rings is 2. The second kappa shape index (κ2) is 9.23. The van der Waals surface area contributed by atoms with Crippen molar-refractivity contribution in [2.24, 2.45) is 5.73 Å². The van der Waals surface area contributed by atoms with E-state index in [2.05, 4.69) is 5.32 Å². The summed E-state index contributed by atoms with van der Waals surface area (Å²) in [4.78, 5) is 23.4. The lowest BCUT2D eigenvalue weighted by atomic mass is 10.1. The number of ether oxygens (including phenoxy) is 2. The van der Waals surface area contributed by atoms with E-state index in [9.17, 15) is 14.0 Å². The topological polar surface area (TPSA) is 90.7 Å². The van der Waals surface area contributed by atoms with Crippen molar-refractivity contribution in [3.8, 4) is 11.5 Å². The third-order valence-corrected chi connectivity index (χ3v) is 3.99. The van der Waals surface area contributed by atoms with E-state index in [0.717, 1.165) is 0 Å². The summed E-state index contributed by atoms with van der Waals surface area (Å²) in [5.41, 5.74) is 5.80. The van der Waals surface area contributed by atoms with Crippen LogP contribution in [-0.4, -0.2) is 31.6 Å². The molecule has 3 N–H and O–H groups in total. The van der Waals surface area contributed by atoms with Gasteiger partial charge in [-0.05, 0) is 37.1 Å². The Bertz CT molecular complexity index is 844. The number of carbonyl (C=O) groups excluding carboxylic acids is 2. The standard InChI is InChI=1S/C19H20ClFN2O4/c1-11(7-12-5-3-4-6-15(12)21)23-19(25)13-8-14(20)18(16(9-13)26-2)27-10-17(22)24/h3-6,8-9,11H,7,10H2,1-2H3,(H2,22,24)(H,23,25). The minimum atomic E-state index is -0.670. The van der Waals surface area contributed by atoms with Crippen molar-refractivity contribution in [1.29, 1.82) is 0 Å². The molecule has 0 bridgehead atoms. The highest BCUT2D eigenvalue weighted by Crippen LogP contribution is 2.36. The van der Waals surface area contributed by atoms with Gasteiger partial charge in [0.15, 0.2) is 18.1 Å². The Hall–Kier alpha value is -2.80. The molecule has 0 aliphatic heterocycles. The number of halogens is 2. The molecule has 1 unspecified atom stereocenters. The van der Waals surface area contributed by atoms with Gasteiger partial charge in [0.2, 0.25) is 0 Å². The van der Waals surface area contributed by atoms with Crippen molar-refractivity contribution >= 4 is 23.4 Å². The maximum atomic E-state index is 13.7. The first kappa shape index (κ1) is 20.5. The summed E-state index contributed by atoms with van der Waals surface area (Å²) in [5.74, 6) is -1.08. The molecule has 0 saturated carbocycles. The quantitative estimate of drug-likeness (QED) is 0.720. The van der Waals surface area contributed by atoms with Gasteiger partial charge in [-0.2, -0.15) is 0 Å². The number of nitrogens with two attached hydrogens (primary N) is 1. The molecule has 27 heavy (non-hydrogen) atoms. The van der Waals surface area contributed by atoms with Gasteiger partial charge in [-0.1, -0.05) is 29.8 Å². The van der Waals surface area contributed by atoms with Crippen LogP contribution in [0.4, 0.5) is 4.39 Å². The lowest BCUT2D eigenvalue weighted by Crippen LogP contribution is -2.34. The molecule has 8 heteroatoms. The van der Waals surface area contributed by atoms with Crippen molar-refractivity contribution < 1.29 is 23.5 Å². The van der Waals surface area contributed by atoms with Gasteiger partial charge in [0, 0.05) is 11.6 Å². The normalized spacial score (nSPS) is 11.6. The maximum absolute atomic E-state index is 13.7. The molecule has 1 atom stereocenters. The number of methoxy groups -OCH3 is 1. The van der Waals surface area contributed by atoms with Crippen LogP contribution in [0.3, 0.4) is 0 Å². The number of amides is 2. The van der Waals surface area contributed by atoms with Crippen LogP contribution in [0.2, 0.25) is 5.02 Å². The van der Waals surface area contributed by atoms with E-state index in [1.165, 1.54) is 25.3 Å². The van der Waals surface area contributed by atoms with Crippen LogP contribution in [0.25, 0.3) is 0 Å². The van der Waals surface area contributed by atoms with Crippen LogP contribution in [-0.2, 0) is 11.2 Å². The van der Waals surface area contributed by atoms with Crippen molar-refractivity contribution in [2.75, 3.05) is 13.7 Å². The highest BCUT2D eigenvalue weighted by Gasteiger charge is 2.18. The van der Waals surface area contributed by atoms with Gasteiger partial charge in [0.25, 0.3) is 11.8 Å². The summed E-state index contributed by atoms with van der Waals surface area (Å²) in [5, 5.41) is 2.88. The molecule has 2 aromatic rings. The lowest BCUT2D eigenvalue weighted by Gasteiger charge is -2.16. The van der Waals surface area contributed by atoms with E-state index in [1.54, 1.807) is 25.1 Å². The molecule has 0 aliphatic carbocycles. The minimum Gasteiger partial charge on any atom is -0.493 e. The Morgan fingerprint density at radius 3 is 2.63 bits per heavy atom. The lowest BCUT2D eigenvalue weighted by molar-refractivity contribution is -0.119. The Labute approximate surface area is 161 Å². The Kier molecular flexibility index (Phi) is 7.01. The van der Waals surface area contributed by atoms with Gasteiger partial charge in [-0.25, -0.2) is 4.39 Å². The summed E-state index contributed by atoms with van der Waals surface area (Å²) in [6.45, 7) is 1.40. The highest BCUT2D eigenvalue weighted by molar-refractivity contribution is 6.32. The number of carbonyl (C=O) groups is 2. The first-order valence-electron chi connectivity index (χ1n) is 8.14. The first-order chi connectivity index (χ1) is 12.8. The monoisotopic (exact) mass is 394 g/mol. The molecular formula is C19H20ClFN2O4. The summed E-state index contributed by atoms with van der Waals surface area (Å²) in [6.07, 6.45) is 0.336. The van der Waals surface area contributed by atoms with Crippen molar-refractivity contribution in [2.45, 2.75) is 19.4 Å². The van der Waals surface area contributed by atoms with E-state index in [-0.39, 0.29) is 40.6 Å². The van der Waals surface area contributed by atoms with Gasteiger partial charge in [0.1, 0.15) is 5.82 Å². The number of nitrogens with one attached hydrogen (secondary N) is 1. The third-order valence-electron chi connectivity index (χ3n) is 3.71. The molecule has 0 aliphatic rings. The van der Waals surface area contributed by atoms with E-state index in [1.807, 2.05) is 0 Å². The van der Waals surface area contributed by atoms with Gasteiger partial charge in [0.05, 0.1) is 12.1 Å². The molecule has 2 rings (SSSR count). The van der Waals surface area contributed by atoms with Crippen LogP contribution >= 0.6 is 11.6 Å². The third kappa shape index (κ3) is 5.59. The number of rotatable bonds is 8. The number of hydrogen-bond acceptors (Lipinski definition) is 4. The van der Waals surface area contributed by atoms with E-state index in [4.69, 9.17) is 26.8 Å². The maximum Gasteiger partial charge on any atom is 0.255 e. The largest absolute Gasteiger partial charge is 0.493 e. The molecule has 0 heterocycles. The molecule has 0 saturated heterocycles. The molecule has 0 radical (unpaired) electrons.